The van der Waals surface area contributed by atoms with E-state index in [4.69, 9.17) is 0 Å². The number of hydrogen-bond donors (Lipinski definition) is 2. The minimum Gasteiger partial charge on any atom is -0.481 e. The first-order valence-corrected chi connectivity index (χ1v) is 9.71. The number of hydrogen-bond acceptors (Lipinski definition) is 3. The lowest BCUT2D eigenvalue weighted by Crippen LogP contribution is -2.58. The van der Waals surface area contributed by atoms with Gasteiger partial charge in [-0.25, -0.2) is 0 Å². The number of carboxylic acid groups (broad SMARTS) is 1. The molecule has 0 aromatic rings. The molecule has 4 rings (SSSR count). The van der Waals surface area contributed by atoms with Crippen LogP contribution in [0.4, 0.5) is 0 Å². The molecule has 4 fully saturated rings. The predicted octanol–water partition coefficient (Wildman–Crippen LogP) is 3.27. The number of carbonyl (C=O) groups is 2. The molecule has 0 aliphatic heterocycles. The average Bonchev–Trinajstić information content (AvgIpc) is 2.84. The van der Waals surface area contributed by atoms with Crippen LogP contribution < -0.4 is 0 Å². The Hall–Kier alpha value is -0.900. The summed E-state index contributed by atoms with van der Waals surface area (Å²) in [4.78, 5) is 24.9. The van der Waals surface area contributed by atoms with Crippen molar-refractivity contribution in [1.29, 1.82) is 0 Å². The fourth-order valence-electron chi connectivity index (χ4n) is 7.46. The molecule has 4 heteroatoms. The fraction of sp³-hybridized carbons (Fsp3) is 0.900. The molecular weight excluding hydrogens is 304 g/mol. The van der Waals surface area contributed by atoms with Crippen molar-refractivity contribution < 1.29 is 19.8 Å². The van der Waals surface area contributed by atoms with Crippen LogP contribution in [0.3, 0.4) is 0 Å². The van der Waals surface area contributed by atoms with E-state index in [1.54, 1.807) is 0 Å². The Bertz CT molecular complexity index is 572. The Labute approximate surface area is 144 Å². The van der Waals surface area contributed by atoms with Gasteiger partial charge in [-0.2, -0.15) is 0 Å². The fourth-order valence-corrected chi connectivity index (χ4v) is 7.46. The van der Waals surface area contributed by atoms with E-state index in [9.17, 15) is 19.8 Å². The number of Topliss-reactive ketones (excluding diaryl/α,β-unsaturated/α-hetero) is 1. The van der Waals surface area contributed by atoms with E-state index in [0.717, 1.165) is 44.9 Å². The first-order valence-electron chi connectivity index (χ1n) is 9.71. The molecule has 134 valence electrons. The highest BCUT2D eigenvalue weighted by Gasteiger charge is 2.64. The molecule has 0 amide bonds. The summed E-state index contributed by atoms with van der Waals surface area (Å²) < 4.78 is 0. The van der Waals surface area contributed by atoms with Gasteiger partial charge in [-0.1, -0.05) is 13.8 Å². The summed E-state index contributed by atoms with van der Waals surface area (Å²) in [5.41, 5.74) is -0.330. The highest BCUT2D eigenvalue weighted by molar-refractivity contribution is 5.85. The van der Waals surface area contributed by atoms with Gasteiger partial charge in [0.2, 0.25) is 0 Å². The maximum Gasteiger partial charge on any atom is 0.307 e. The van der Waals surface area contributed by atoms with Gasteiger partial charge in [0.15, 0.2) is 0 Å². The molecule has 0 spiro atoms. The van der Waals surface area contributed by atoms with Crippen molar-refractivity contribution >= 4 is 11.8 Å². The second kappa shape index (κ2) is 5.30. The summed E-state index contributed by atoms with van der Waals surface area (Å²) >= 11 is 0. The van der Waals surface area contributed by atoms with Crippen LogP contribution in [0.2, 0.25) is 0 Å². The molecule has 0 radical (unpaired) electrons. The van der Waals surface area contributed by atoms with Gasteiger partial charge < -0.3 is 10.2 Å². The van der Waals surface area contributed by atoms with Gasteiger partial charge in [-0.05, 0) is 73.5 Å². The van der Waals surface area contributed by atoms with Crippen molar-refractivity contribution in [3.63, 3.8) is 0 Å². The van der Waals surface area contributed by atoms with Crippen LogP contribution in [0.1, 0.15) is 65.2 Å². The largest absolute Gasteiger partial charge is 0.481 e. The Balaban J connectivity index is 1.68. The molecule has 4 aliphatic carbocycles. The number of aliphatic carboxylic acids is 1. The average molecular weight is 334 g/mol. The molecule has 0 saturated heterocycles. The van der Waals surface area contributed by atoms with Crippen LogP contribution in [0, 0.1) is 40.4 Å². The summed E-state index contributed by atoms with van der Waals surface area (Å²) in [6.07, 6.45) is 6.65. The molecule has 24 heavy (non-hydrogen) atoms. The van der Waals surface area contributed by atoms with Gasteiger partial charge in [0.25, 0.3) is 0 Å². The van der Waals surface area contributed by atoms with Gasteiger partial charge in [0.05, 0.1) is 12.0 Å². The Morgan fingerprint density at radius 1 is 1.08 bits per heavy atom. The molecule has 0 unspecified atom stereocenters. The topological polar surface area (TPSA) is 74.6 Å². The van der Waals surface area contributed by atoms with Gasteiger partial charge in [0.1, 0.15) is 5.78 Å². The maximum absolute atomic E-state index is 13.2. The van der Waals surface area contributed by atoms with Crippen molar-refractivity contribution in [1.82, 2.24) is 0 Å². The number of aliphatic hydroxyl groups is 1. The number of carbonyl (C=O) groups excluding carboxylic acids is 1. The quantitative estimate of drug-likeness (QED) is 0.772. The van der Waals surface area contributed by atoms with Crippen molar-refractivity contribution in [2.24, 2.45) is 40.4 Å². The van der Waals surface area contributed by atoms with Crippen LogP contribution >= 0.6 is 0 Å². The summed E-state index contributed by atoms with van der Waals surface area (Å²) in [6.45, 7) is 4.35. The Morgan fingerprint density at radius 2 is 1.83 bits per heavy atom. The second-order valence-electron chi connectivity index (χ2n) is 9.57. The monoisotopic (exact) mass is 334 g/mol. The van der Waals surface area contributed by atoms with E-state index in [2.05, 4.69) is 13.8 Å². The number of aliphatic hydroxyl groups excluding tert-OH is 1. The Morgan fingerprint density at radius 3 is 2.54 bits per heavy atom. The molecule has 4 nitrogen and oxygen atoms in total. The van der Waals surface area contributed by atoms with Crippen LogP contribution in [0.5, 0.6) is 0 Å². The first-order chi connectivity index (χ1) is 11.3. The molecule has 4 saturated carbocycles. The minimum absolute atomic E-state index is 0.0157. The van der Waals surface area contributed by atoms with E-state index in [1.165, 1.54) is 0 Å². The van der Waals surface area contributed by atoms with Crippen LogP contribution in [-0.2, 0) is 9.59 Å². The van der Waals surface area contributed by atoms with Crippen LogP contribution in [0.25, 0.3) is 0 Å². The van der Waals surface area contributed by atoms with Crippen molar-refractivity contribution in [2.75, 3.05) is 0 Å². The molecule has 0 aromatic heterocycles. The smallest absolute Gasteiger partial charge is 0.307 e. The van der Waals surface area contributed by atoms with Gasteiger partial charge in [0, 0.05) is 12.3 Å². The number of fused-ring (bicyclic) bond motifs is 5. The second-order valence-corrected chi connectivity index (χ2v) is 9.57. The van der Waals surface area contributed by atoms with Crippen molar-refractivity contribution in [3.05, 3.63) is 0 Å². The molecule has 0 aromatic carbocycles. The van der Waals surface area contributed by atoms with E-state index >= 15 is 0 Å². The molecule has 0 heterocycles. The van der Waals surface area contributed by atoms with Crippen LogP contribution in [-0.4, -0.2) is 28.1 Å². The highest BCUT2D eigenvalue weighted by atomic mass is 16.4. The normalized spacial score (nSPS) is 53.9. The molecule has 4 aliphatic rings. The Kier molecular flexibility index (Phi) is 3.66. The third-order valence-electron chi connectivity index (χ3n) is 8.62. The predicted molar refractivity (Wildman–Crippen MR) is 89.2 cm³/mol. The third kappa shape index (κ3) is 2.07. The van der Waals surface area contributed by atoms with E-state index < -0.39 is 5.97 Å². The number of ketones is 1. The van der Waals surface area contributed by atoms with Gasteiger partial charge >= 0.3 is 5.97 Å². The zero-order valence-electron chi connectivity index (χ0n) is 14.8. The summed E-state index contributed by atoms with van der Waals surface area (Å²) in [5, 5.41) is 19.7. The third-order valence-corrected chi connectivity index (χ3v) is 8.62. The molecular formula is C20H30O4. The summed E-state index contributed by atoms with van der Waals surface area (Å²) in [5.74, 6) is 0.526. The lowest BCUT2D eigenvalue weighted by Gasteiger charge is -2.59. The first kappa shape index (κ1) is 16.6. The molecule has 0 bridgehead atoms. The van der Waals surface area contributed by atoms with Crippen molar-refractivity contribution in [3.8, 4) is 0 Å². The molecule has 2 N–H and O–H groups in total. The van der Waals surface area contributed by atoms with E-state index in [-0.39, 0.29) is 28.8 Å². The van der Waals surface area contributed by atoms with Gasteiger partial charge in [-0.15, -0.1) is 0 Å². The lowest BCUT2D eigenvalue weighted by molar-refractivity contribution is -0.165. The minimum atomic E-state index is -0.716. The standard InChI is InChI=1S/C20H30O4/c1-19-8-7-12(21)9-11(19)3-4-13-14-5-6-15(18(23)24)20(14,2)10-16(22)17(13)19/h11-15,17,21H,3-10H2,1-2H3,(H,23,24)/t11-,12-,13-,14-,15+,17+,19-,20-/m0/s1. The SMILES string of the molecule is C[C@]12CC[C@H](O)C[C@@H]1CC[C@H]1[C@@H]3CC[C@H](C(=O)O)[C@@]3(C)CC(=O)[C@@H]12. The van der Waals surface area contributed by atoms with Crippen molar-refractivity contribution in [2.45, 2.75) is 71.3 Å². The molecule has 8 atom stereocenters. The van der Waals surface area contributed by atoms with E-state index in [1.807, 2.05) is 0 Å². The summed E-state index contributed by atoms with van der Waals surface area (Å²) in [6, 6.07) is 0. The number of carboxylic acids is 1. The maximum atomic E-state index is 13.2. The zero-order valence-corrected chi connectivity index (χ0v) is 14.8. The lowest BCUT2D eigenvalue weighted by atomic mass is 9.44. The number of rotatable bonds is 1. The van der Waals surface area contributed by atoms with E-state index in [0.29, 0.717) is 30.0 Å². The van der Waals surface area contributed by atoms with Gasteiger partial charge in [-0.3, -0.25) is 9.59 Å². The zero-order chi connectivity index (χ0) is 17.3. The van der Waals surface area contributed by atoms with Crippen LogP contribution in [0.15, 0.2) is 0 Å². The summed E-state index contributed by atoms with van der Waals surface area (Å²) in [7, 11) is 0. The highest BCUT2D eigenvalue weighted by Crippen LogP contribution is 2.66.